The third-order valence-electron chi connectivity index (χ3n) is 7.10. The van der Waals surface area contributed by atoms with Crippen molar-refractivity contribution in [2.24, 2.45) is 11.0 Å². The first-order valence-electron chi connectivity index (χ1n) is 12.5. The monoisotopic (exact) mass is 494 g/mol. The Kier molecular flexibility index (Phi) is 8.14. The zero-order valence-corrected chi connectivity index (χ0v) is 21.3. The number of likely N-dealkylation sites (tertiary alicyclic amines) is 1. The average Bonchev–Trinajstić information content (AvgIpc) is 2.87. The fourth-order valence-electron chi connectivity index (χ4n) is 4.97. The molecule has 1 unspecified atom stereocenters. The summed E-state index contributed by atoms with van der Waals surface area (Å²) in [5.74, 6) is 0.425. The van der Waals surface area contributed by atoms with E-state index in [1.807, 2.05) is 54.6 Å². The standard InChI is InChI=1S/C28H35ClN4O2/c1-20-6-5-7-21(12-15-31-32-19-20)23-18-22(10-11-26(23)30-2)27(34)33-16-13-28(35,14-17-33)24-8-3-4-9-25(24)29/h3-4,8-12,18-20,30-31,35H,5-7,13-17H2,1-2H3/b21-12+,32-19-. The van der Waals surface area contributed by atoms with Gasteiger partial charge in [-0.1, -0.05) is 42.8 Å². The lowest BCUT2D eigenvalue weighted by atomic mass is 9.84. The van der Waals surface area contributed by atoms with Crippen molar-refractivity contribution in [2.75, 3.05) is 32.0 Å². The van der Waals surface area contributed by atoms with E-state index in [2.05, 4.69) is 28.8 Å². The number of nitrogens with zero attached hydrogens (tertiary/aromatic N) is 2. The van der Waals surface area contributed by atoms with Crippen LogP contribution in [0.2, 0.25) is 5.02 Å². The molecule has 2 aliphatic heterocycles. The van der Waals surface area contributed by atoms with E-state index in [0.29, 0.717) is 49.0 Å². The molecule has 1 atom stereocenters. The molecule has 35 heavy (non-hydrogen) atoms. The number of benzene rings is 2. The largest absolute Gasteiger partial charge is 0.388 e. The van der Waals surface area contributed by atoms with E-state index >= 15 is 0 Å². The average molecular weight is 495 g/mol. The van der Waals surface area contributed by atoms with E-state index in [9.17, 15) is 9.90 Å². The van der Waals surface area contributed by atoms with Crippen LogP contribution in [0.5, 0.6) is 0 Å². The zero-order valence-electron chi connectivity index (χ0n) is 20.6. The maximum Gasteiger partial charge on any atom is 0.253 e. The molecular formula is C28H35ClN4O2. The normalized spacial score (nSPS) is 22.9. The Morgan fingerprint density at radius 2 is 2.00 bits per heavy atom. The van der Waals surface area contributed by atoms with Crippen LogP contribution >= 0.6 is 11.6 Å². The highest BCUT2D eigenvalue weighted by Crippen LogP contribution is 2.37. The van der Waals surface area contributed by atoms with Crippen molar-refractivity contribution in [3.63, 3.8) is 0 Å². The molecule has 0 aromatic heterocycles. The molecule has 0 aliphatic carbocycles. The van der Waals surface area contributed by atoms with Gasteiger partial charge in [-0.3, -0.25) is 4.79 Å². The number of aliphatic hydroxyl groups is 1. The van der Waals surface area contributed by atoms with Crippen LogP contribution in [-0.4, -0.2) is 48.8 Å². The molecule has 7 heteroatoms. The molecule has 2 aliphatic rings. The van der Waals surface area contributed by atoms with Crippen molar-refractivity contribution in [3.8, 4) is 0 Å². The van der Waals surface area contributed by atoms with Crippen LogP contribution in [0.15, 0.2) is 53.6 Å². The van der Waals surface area contributed by atoms with Crippen LogP contribution in [0, 0.1) is 5.92 Å². The predicted octanol–water partition coefficient (Wildman–Crippen LogP) is 5.28. The number of hydrogen-bond donors (Lipinski definition) is 3. The summed E-state index contributed by atoms with van der Waals surface area (Å²) in [5, 5.41) is 19.4. The Balaban J connectivity index is 1.52. The number of rotatable bonds is 4. The second-order valence-electron chi connectivity index (χ2n) is 9.55. The fraction of sp³-hybridized carbons (Fsp3) is 0.429. The highest BCUT2D eigenvalue weighted by atomic mass is 35.5. The van der Waals surface area contributed by atoms with Crippen molar-refractivity contribution in [3.05, 3.63) is 70.3 Å². The number of hydrogen-bond acceptors (Lipinski definition) is 5. The summed E-state index contributed by atoms with van der Waals surface area (Å²) in [4.78, 5) is 15.3. The molecule has 0 saturated carbocycles. The molecule has 0 radical (unpaired) electrons. The molecule has 0 bridgehead atoms. The van der Waals surface area contributed by atoms with E-state index < -0.39 is 5.60 Å². The number of amides is 1. The minimum atomic E-state index is -1.01. The SMILES string of the molecule is CNc1ccc(C(=O)N2CCC(O)(c3ccccc3Cl)CC2)cc1/C1=C/CN/N=C\C(C)CCC1. The molecule has 6 nitrogen and oxygen atoms in total. The van der Waals surface area contributed by atoms with Crippen molar-refractivity contribution in [1.29, 1.82) is 0 Å². The van der Waals surface area contributed by atoms with Gasteiger partial charge in [0.2, 0.25) is 0 Å². The molecule has 1 fully saturated rings. The Morgan fingerprint density at radius 3 is 2.74 bits per heavy atom. The highest BCUT2D eigenvalue weighted by molar-refractivity contribution is 6.31. The zero-order chi connectivity index (χ0) is 24.8. The summed E-state index contributed by atoms with van der Waals surface area (Å²) in [6.45, 7) is 3.78. The minimum absolute atomic E-state index is 0.00748. The number of hydrazone groups is 1. The molecule has 0 spiro atoms. The summed E-state index contributed by atoms with van der Waals surface area (Å²) in [6.07, 6.45) is 8.13. The Morgan fingerprint density at radius 1 is 1.23 bits per heavy atom. The lowest BCUT2D eigenvalue weighted by molar-refractivity contribution is -0.0210. The molecule has 2 aromatic rings. The number of anilines is 1. The lowest BCUT2D eigenvalue weighted by Crippen LogP contribution is -2.45. The maximum absolute atomic E-state index is 13.5. The first-order valence-corrected chi connectivity index (χ1v) is 12.8. The third-order valence-corrected chi connectivity index (χ3v) is 7.43. The summed E-state index contributed by atoms with van der Waals surface area (Å²) < 4.78 is 0. The van der Waals surface area contributed by atoms with Crippen molar-refractivity contribution < 1.29 is 9.90 Å². The third kappa shape index (κ3) is 5.88. The number of allylic oxidation sites excluding steroid dienone is 1. The molecule has 1 amide bonds. The number of carbonyl (C=O) groups excluding carboxylic acids is 1. The number of halogens is 1. The van der Waals surface area contributed by atoms with Crippen molar-refractivity contribution >= 4 is 35.0 Å². The second kappa shape index (κ2) is 11.3. The Hall–Kier alpha value is -2.83. The van der Waals surface area contributed by atoms with Crippen LogP contribution in [0.3, 0.4) is 0 Å². The van der Waals surface area contributed by atoms with Gasteiger partial charge in [0.05, 0.1) is 12.1 Å². The van der Waals surface area contributed by atoms with Gasteiger partial charge >= 0.3 is 0 Å². The van der Waals surface area contributed by atoms with Crippen molar-refractivity contribution in [2.45, 2.75) is 44.6 Å². The van der Waals surface area contributed by atoms with Crippen molar-refractivity contribution in [1.82, 2.24) is 10.3 Å². The Bertz CT molecular complexity index is 1110. The number of nitrogens with one attached hydrogen (secondary N) is 2. The van der Waals surface area contributed by atoms with Gasteiger partial charge in [-0.05, 0) is 67.9 Å². The Labute approximate surface area is 213 Å². The van der Waals surface area contributed by atoms with Crippen LogP contribution in [0.25, 0.3) is 5.57 Å². The number of piperidine rings is 1. The molecular weight excluding hydrogens is 460 g/mol. The van der Waals surface area contributed by atoms with E-state index in [1.54, 1.807) is 6.07 Å². The molecule has 2 heterocycles. The van der Waals surface area contributed by atoms with Gasteiger partial charge in [0.25, 0.3) is 5.91 Å². The predicted molar refractivity (Wildman–Crippen MR) is 144 cm³/mol. The first kappa shape index (κ1) is 25.3. The van der Waals surface area contributed by atoms with E-state index in [-0.39, 0.29) is 5.91 Å². The topological polar surface area (TPSA) is 77.0 Å². The smallest absolute Gasteiger partial charge is 0.253 e. The fourth-order valence-corrected chi connectivity index (χ4v) is 5.28. The summed E-state index contributed by atoms with van der Waals surface area (Å²) >= 11 is 6.35. The van der Waals surface area contributed by atoms with Crippen LogP contribution in [-0.2, 0) is 5.60 Å². The van der Waals surface area contributed by atoms with Gasteiger partial charge in [-0.15, -0.1) is 0 Å². The van der Waals surface area contributed by atoms with Crippen LogP contribution < -0.4 is 10.7 Å². The van der Waals surface area contributed by atoms with E-state index in [1.165, 1.54) is 5.57 Å². The molecule has 2 aromatic carbocycles. The summed E-state index contributed by atoms with van der Waals surface area (Å²) in [5.41, 5.74) is 6.78. The van der Waals surface area contributed by atoms with Gasteiger partial charge in [0, 0.05) is 53.8 Å². The van der Waals surface area contributed by atoms with Crippen LogP contribution in [0.4, 0.5) is 5.69 Å². The molecule has 1 saturated heterocycles. The first-order chi connectivity index (χ1) is 16.9. The van der Waals surface area contributed by atoms with E-state index in [4.69, 9.17) is 11.6 Å². The van der Waals surface area contributed by atoms with Gasteiger partial charge in [0.1, 0.15) is 0 Å². The summed E-state index contributed by atoms with van der Waals surface area (Å²) in [7, 11) is 1.91. The quantitative estimate of drug-likeness (QED) is 0.540. The van der Waals surface area contributed by atoms with Gasteiger partial charge < -0.3 is 20.7 Å². The van der Waals surface area contributed by atoms with Gasteiger partial charge in [0.15, 0.2) is 0 Å². The lowest BCUT2D eigenvalue weighted by Gasteiger charge is -2.39. The van der Waals surface area contributed by atoms with Gasteiger partial charge in [-0.25, -0.2) is 0 Å². The summed E-state index contributed by atoms with van der Waals surface area (Å²) in [6, 6.07) is 13.3. The number of carbonyl (C=O) groups is 1. The molecule has 3 N–H and O–H groups in total. The van der Waals surface area contributed by atoms with Gasteiger partial charge in [-0.2, -0.15) is 5.10 Å². The highest BCUT2D eigenvalue weighted by Gasteiger charge is 2.37. The second-order valence-corrected chi connectivity index (χ2v) is 9.96. The molecule has 186 valence electrons. The van der Waals surface area contributed by atoms with Crippen LogP contribution in [0.1, 0.15) is 60.5 Å². The molecule has 4 rings (SSSR count). The maximum atomic E-state index is 13.5. The van der Waals surface area contributed by atoms with E-state index in [0.717, 1.165) is 36.1 Å². The minimum Gasteiger partial charge on any atom is -0.388 e.